The molecule has 1 aliphatic heterocycles. The zero-order chi connectivity index (χ0) is 32.6. The summed E-state index contributed by atoms with van der Waals surface area (Å²) in [6, 6.07) is 29.7. The number of hydrogen-bond acceptors (Lipinski definition) is 6. The van der Waals surface area contributed by atoms with Gasteiger partial charge in [-0.3, -0.25) is 14.6 Å². The molecule has 1 saturated heterocycles. The Hall–Kier alpha value is -5.02. The summed E-state index contributed by atoms with van der Waals surface area (Å²) in [5.41, 5.74) is 5.38. The van der Waals surface area contributed by atoms with Gasteiger partial charge in [0.05, 0.1) is 30.8 Å². The normalized spacial score (nSPS) is 18.3. The summed E-state index contributed by atoms with van der Waals surface area (Å²) < 4.78 is 11.0. The summed E-state index contributed by atoms with van der Waals surface area (Å²) in [7, 11) is 0. The van der Waals surface area contributed by atoms with Gasteiger partial charge in [0.1, 0.15) is 12.1 Å². The molecular weight excluding hydrogens is 592 g/mol. The summed E-state index contributed by atoms with van der Waals surface area (Å²) in [6.07, 6.45) is 5.27. The Labute approximate surface area is 275 Å². The molecule has 2 heterocycles. The molecule has 0 atom stereocenters. The van der Waals surface area contributed by atoms with E-state index >= 15 is 0 Å². The molecule has 3 amide bonds. The molecule has 47 heavy (non-hydrogen) atoms. The number of pyridine rings is 1. The summed E-state index contributed by atoms with van der Waals surface area (Å²) in [6.45, 7) is 2.44. The van der Waals surface area contributed by atoms with Crippen molar-refractivity contribution in [1.82, 2.24) is 15.6 Å². The molecule has 1 aromatic heterocycles. The number of nitrogens with one attached hydrogen (secondary N) is 3. The lowest BCUT2D eigenvalue weighted by atomic mass is 9.84. The number of anilines is 1. The molecule has 0 radical (unpaired) electrons. The molecule has 6 rings (SSSR count). The first-order valence-corrected chi connectivity index (χ1v) is 16.2. The number of alkyl carbamates (subject to hydrolysis) is 1. The second-order valence-electron chi connectivity index (χ2n) is 12.5. The molecule has 242 valence electrons. The fourth-order valence-corrected chi connectivity index (χ4v) is 6.39. The third kappa shape index (κ3) is 8.04. The van der Waals surface area contributed by atoms with E-state index in [-0.39, 0.29) is 24.5 Å². The molecule has 4 aromatic rings. The zero-order valence-electron chi connectivity index (χ0n) is 26.5. The topological polar surface area (TPSA) is 119 Å². The van der Waals surface area contributed by atoms with Gasteiger partial charge in [0.2, 0.25) is 11.8 Å². The SMILES string of the molecule is CC(=O)NC1CCC(CC(=O)Nc2cnc(-c3ccc(C4(NC(=O)OCc5ccccc5)COC4)cc3)c(-c3ccccc3)c2)CC1. The summed E-state index contributed by atoms with van der Waals surface area (Å²) in [5.74, 6) is 0.260. The molecule has 0 unspecified atom stereocenters. The number of carbonyl (C=O) groups excluding carboxylic acids is 3. The number of rotatable bonds is 10. The van der Waals surface area contributed by atoms with Crippen LogP contribution in [0.25, 0.3) is 22.4 Å². The number of carbonyl (C=O) groups is 3. The monoisotopic (exact) mass is 632 g/mol. The molecule has 3 N–H and O–H groups in total. The highest BCUT2D eigenvalue weighted by Gasteiger charge is 2.42. The van der Waals surface area contributed by atoms with Crippen LogP contribution in [0.4, 0.5) is 10.5 Å². The molecule has 9 nitrogen and oxygen atoms in total. The highest BCUT2D eigenvalue weighted by atomic mass is 16.6. The highest BCUT2D eigenvalue weighted by Crippen LogP contribution is 2.36. The summed E-state index contributed by atoms with van der Waals surface area (Å²) in [4.78, 5) is 42.0. The zero-order valence-corrected chi connectivity index (χ0v) is 26.5. The lowest BCUT2D eigenvalue weighted by molar-refractivity contribution is -0.120. The van der Waals surface area contributed by atoms with Crippen LogP contribution in [0.15, 0.2) is 97.2 Å². The van der Waals surface area contributed by atoms with Crippen molar-refractivity contribution < 1.29 is 23.9 Å². The van der Waals surface area contributed by atoms with E-state index in [2.05, 4.69) is 16.0 Å². The third-order valence-corrected chi connectivity index (χ3v) is 8.95. The molecule has 2 aliphatic rings. The van der Waals surface area contributed by atoms with Crippen molar-refractivity contribution in [2.24, 2.45) is 5.92 Å². The van der Waals surface area contributed by atoms with Crippen LogP contribution < -0.4 is 16.0 Å². The van der Waals surface area contributed by atoms with Gasteiger partial charge >= 0.3 is 6.09 Å². The second-order valence-corrected chi connectivity index (χ2v) is 12.5. The first-order valence-electron chi connectivity index (χ1n) is 16.2. The average Bonchev–Trinajstić information content (AvgIpc) is 3.07. The maximum absolute atomic E-state index is 13.0. The lowest BCUT2D eigenvalue weighted by Crippen LogP contribution is -2.59. The molecule has 3 aromatic carbocycles. The number of amides is 3. The van der Waals surface area contributed by atoms with Crippen molar-refractivity contribution in [3.05, 3.63) is 108 Å². The van der Waals surface area contributed by atoms with Gasteiger partial charge in [0, 0.05) is 30.5 Å². The largest absolute Gasteiger partial charge is 0.445 e. The van der Waals surface area contributed by atoms with Crippen molar-refractivity contribution in [3.63, 3.8) is 0 Å². The van der Waals surface area contributed by atoms with E-state index in [4.69, 9.17) is 14.5 Å². The van der Waals surface area contributed by atoms with Gasteiger partial charge in [-0.15, -0.1) is 0 Å². The Morgan fingerprint density at radius 2 is 1.55 bits per heavy atom. The second kappa shape index (κ2) is 14.6. The molecule has 0 spiro atoms. The van der Waals surface area contributed by atoms with E-state index in [1.165, 1.54) is 0 Å². The van der Waals surface area contributed by atoms with E-state index in [1.54, 1.807) is 13.1 Å². The van der Waals surface area contributed by atoms with Crippen LogP contribution in [0.3, 0.4) is 0 Å². The number of ether oxygens (including phenoxy) is 2. The summed E-state index contributed by atoms with van der Waals surface area (Å²) >= 11 is 0. The van der Waals surface area contributed by atoms with Gasteiger partial charge in [0.15, 0.2) is 0 Å². The van der Waals surface area contributed by atoms with E-state index in [0.29, 0.717) is 31.2 Å². The minimum absolute atomic E-state index is 0.00191. The van der Waals surface area contributed by atoms with Crippen LogP contribution >= 0.6 is 0 Å². The smallest absolute Gasteiger partial charge is 0.408 e. The van der Waals surface area contributed by atoms with Gasteiger partial charge in [-0.05, 0) is 54.4 Å². The maximum atomic E-state index is 13.0. The minimum atomic E-state index is -0.667. The van der Waals surface area contributed by atoms with Crippen molar-refractivity contribution in [2.45, 2.75) is 57.2 Å². The predicted octanol–water partition coefficient (Wildman–Crippen LogP) is 6.59. The quantitative estimate of drug-likeness (QED) is 0.182. The molecular formula is C38H40N4O5. The van der Waals surface area contributed by atoms with Gasteiger partial charge < -0.3 is 25.4 Å². The maximum Gasteiger partial charge on any atom is 0.408 e. The van der Waals surface area contributed by atoms with Crippen LogP contribution in [-0.2, 0) is 31.2 Å². The fourth-order valence-electron chi connectivity index (χ4n) is 6.39. The van der Waals surface area contributed by atoms with Gasteiger partial charge in [0.25, 0.3) is 0 Å². The van der Waals surface area contributed by atoms with Gasteiger partial charge in [-0.1, -0.05) is 84.9 Å². The first-order chi connectivity index (χ1) is 22.9. The van der Waals surface area contributed by atoms with Crippen molar-refractivity contribution in [3.8, 4) is 22.4 Å². The lowest BCUT2D eigenvalue weighted by Gasteiger charge is -2.42. The van der Waals surface area contributed by atoms with Crippen molar-refractivity contribution >= 4 is 23.6 Å². The number of nitrogens with zero attached hydrogens (tertiary/aromatic N) is 1. The predicted molar refractivity (Wildman–Crippen MR) is 180 cm³/mol. The molecule has 0 bridgehead atoms. The number of aromatic nitrogens is 1. The van der Waals surface area contributed by atoms with E-state index in [1.807, 2.05) is 91.0 Å². The Morgan fingerprint density at radius 1 is 0.872 bits per heavy atom. The van der Waals surface area contributed by atoms with Crippen LogP contribution in [0.1, 0.15) is 50.2 Å². The van der Waals surface area contributed by atoms with Crippen LogP contribution in [-0.4, -0.2) is 42.1 Å². The van der Waals surface area contributed by atoms with Crippen LogP contribution in [0.5, 0.6) is 0 Å². The Bertz CT molecular complexity index is 1680. The van der Waals surface area contributed by atoms with Crippen LogP contribution in [0, 0.1) is 5.92 Å². The Balaban J connectivity index is 1.14. The first kappa shape index (κ1) is 31.9. The minimum Gasteiger partial charge on any atom is -0.445 e. The third-order valence-electron chi connectivity index (χ3n) is 8.95. The molecule has 1 aliphatic carbocycles. The van der Waals surface area contributed by atoms with Crippen molar-refractivity contribution in [2.75, 3.05) is 18.5 Å². The number of benzene rings is 3. The Morgan fingerprint density at radius 3 is 2.19 bits per heavy atom. The highest BCUT2D eigenvalue weighted by molar-refractivity contribution is 5.93. The van der Waals surface area contributed by atoms with Gasteiger partial charge in [-0.2, -0.15) is 0 Å². The fraction of sp³-hybridized carbons (Fsp3) is 0.316. The van der Waals surface area contributed by atoms with Crippen LogP contribution in [0.2, 0.25) is 0 Å². The van der Waals surface area contributed by atoms with E-state index < -0.39 is 11.6 Å². The molecule has 2 fully saturated rings. The molecule has 1 saturated carbocycles. The van der Waals surface area contributed by atoms with E-state index in [0.717, 1.165) is 59.2 Å². The van der Waals surface area contributed by atoms with Crippen molar-refractivity contribution in [1.29, 1.82) is 0 Å². The van der Waals surface area contributed by atoms with Gasteiger partial charge in [-0.25, -0.2) is 4.79 Å². The number of hydrogen-bond donors (Lipinski definition) is 3. The van der Waals surface area contributed by atoms with E-state index in [9.17, 15) is 14.4 Å². The Kier molecular flexibility index (Phi) is 9.92. The summed E-state index contributed by atoms with van der Waals surface area (Å²) in [5, 5.41) is 9.08. The standard InChI is InChI=1S/C38H40N4O5/c1-26(43)40-32-18-12-27(13-19-32)20-35(44)41-33-21-34(29-10-6-3-7-11-29)36(39-22-33)30-14-16-31(17-15-30)38(24-46-25-38)42-37(45)47-23-28-8-4-2-5-9-28/h2-11,14-17,21-22,27,32H,12-13,18-20,23-25H2,1H3,(H,40,43)(H,41,44)(H,42,45). The molecule has 9 heteroatoms. The average molecular weight is 633 g/mol.